The van der Waals surface area contributed by atoms with E-state index in [2.05, 4.69) is 4.74 Å². The summed E-state index contributed by atoms with van der Waals surface area (Å²) >= 11 is 5.82. The number of nitrogens with two attached hydrogens (primary N) is 1. The average Bonchev–Trinajstić information content (AvgIpc) is 2.47. The van der Waals surface area contributed by atoms with Gasteiger partial charge in [-0.05, 0) is 36.3 Å². The van der Waals surface area contributed by atoms with E-state index >= 15 is 0 Å². The van der Waals surface area contributed by atoms with Crippen molar-refractivity contribution < 1.29 is 46.5 Å². The summed E-state index contributed by atoms with van der Waals surface area (Å²) in [6.45, 7) is -1.60. The van der Waals surface area contributed by atoms with Crippen molar-refractivity contribution in [3.63, 3.8) is 0 Å². The van der Waals surface area contributed by atoms with Crippen LogP contribution < -0.4 is 10.5 Å². The molecular formula is C14H13ClF5NO5. The maximum Gasteiger partial charge on any atom is 0.490 e. The standard InChI is InChI=1S/C12H12ClF2NO3.C2HF3O2/c1-6-2-7(3-8(5-16)11(17)18)4-9(13)10(6)19-12(14)15;3-2(4,5)1(6)7/h2-4,12H,5,16H2,1H3,(H,17,18);(H,6,7). The molecule has 0 aliphatic rings. The van der Waals surface area contributed by atoms with Gasteiger partial charge in [0.2, 0.25) is 0 Å². The van der Waals surface area contributed by atoms with E-state index in [1.807, 2.05) is 0 Å². The fourth-order valence-corrected chi connectivity index (χ4v) is 1.81. The van der Waals surface area contributed by atoms with Crippen molar-refractivity contribution in [1.29, 1.82) is 0 Å². The smallest absolute Gasteiger partial charge is 0.478 e. The molecule has 1 rings (SSSR count). The molecule has 0 atom stereocenters. The van der Waals surface area contributed by atoms with Crippen molar-refractivity contribution in [2.24, 2.45) is 5.73 Å². The summed E-state index contributed by atoms with van der Waals surface area (Å²) in [5.41, 5.74) is 6.10. The molecule has 1 aromatic carbocycles. The Balaban J connectivity index is 0.000000758. The van der Waals surface area contributed by atoms with Crippen LogP contribution in [0.15, 0.2) is 17.7 Å². The third-order valence-corrected chi connectivity index (χ3v) is 2.82. The highest BCUT2D eigenvalue weighted by molar-refractivity contribution is 6.32. The highest BCUT2D eigenvalue weighted by Crippen LogP contribution is 2.32. The van der Waals surface area contributed by atoms with Gasteiger partial charge in [0, 0.05) is 6.54 Å². The van der Waals surface area contributed by atoms with Crippen LogP contribution in [0.5, 0.6) is 5.75 Å². The van der Waals surface area contributed by atoms with Gasteiger partial charge in [0.05, 0.1) is 10.6 Å². The number of aliphatic carboxylic acids is 2. The number of carboxylic acids is 2. The Hall–Kier alpha value is -2.40. The third-order valence-electron chi connectivity index (χ3n) is 2.54. The van der Waals surface area contributed by atoms with Crippen molar-refractivity contribution >= 4 is 29.6 Å². The largest absolute Gasteiger partial charge is 0.490 e. The minimum absolute atomic E-state index is 0.0157. The van der Waals surface area contributed by atoms with Gasteiger partial charge in [-0.1, -0.05) is 11.6 Å². The lowest BCUT2D eigenvalue weighted by Gasteiger charge is -2.11. The van der Waals surface area contributed by atoms with Crippen molar-refractivity contribution in [3.05, 3.63) is 33.9 Å². The molecule has 0 spiro atoms. The molecule has 4 N–H and O–H groups in total. The van der Waals surface area contributed by atoms with E-state index in [-0.39, 0.29) is 22.9 Å². The first-order valence-electron chi connectivity index (χ1n) is 6.48. The van der Waals surface area contributed by atoms with Gasteiger partial charge in [-0.25, -0.2) is 9.59 Å². The molecule has 0 unspecified atom stereocenters. The SMILES string of the molecule is Cc1cc(C=C(CN)C(=O)O)cc(Cl)c1OC(F)F.O=C(O)C(F)(F)F. The molecule has 0 bridgehead atoms. The molecule has 0 aliphatic carbocycles. The number of alkyl halides is 5. The zero-order chi connectivity index (χ0) is 20.7. The van der Waals surface area contributed by atoms with Crippen molar-refractivity contribution in [2.45, 2.75) is 19.7 Å². The van der Waals surface area contributed by atoms with Gasteiger partial charge in [-0.3, -0.25) is 0 Å². The van der Waals surface area contributed by atoms with Crippen molar-refractivity contribution in [3.8, 4) is 5.75 Å². The molecule has 0 heterocycles. The molecule has 0 fully saturated rings. The van der Waals surface area contributed by atoms with Gasteiger partial charge < -0.3 is 20.7 Å². The third kappa shape index (κ3) is 8.12. The van der Waals surface area contributed by atoms with Crippen LogP contribution >= 0.6 is 11.6 Å². The first-order valence-corrected chi connectivity index (χ1v) is 6.86. The van der Waals surface area contributed by atoms with Gasteiger partial charge in [0.15, 0.2) is 0 Å². The minimum Gasteiger partial charge on any atom is -0.478 e. The lowest BCUT2D eigenvalue weighted by molar-refractivity contribution is -0.192. The first kappa shape index (κ1) is 23.6. The summed E-state index contributed by atoms with van der Waals surface area (Å²) in [6, 6.07) is 2.83. The normalized spacial score (nSPS) is 11.7. The van der Waals surface area contributed by atoms with E-state index in [1.54, 1.807) is 0 Å². The first-order chi connectivity index (χ1) is 11.8. The Kier molecular flexibility index (Phi) is 9.01. The molecule has 0 amide bonds. The Labute approximate surface area is 148 Å². The summed E-state index contributed by atoms with van der Waals surface area (Å²) in [5.74, 6) is -4.03. The fourth-order valence-electron chi connectivity index (χ4n) is 1.49. The van der Waals surface area contributed by atoms with Crippen LogP contribution in [0.25, 0.3) is 6.08 Å². The highest BCUT2D eigenvalue weighted by Gasteiger charge is 2.38. The fraction of sp³-hybridized carbons (Fsp3) is 0.286. The van der Waals surface area contributed by atoms with Crippen LogP contribution in [0.3, 0.4) is 0 Å². The number of hydrogen-bond donors (Lipinski definition) is 3. The van der Waals surface area contributed by atoms with Crippen LogP contribution in [0.2, 0.25) is 5.02 Å². The lowest BCUT2D eigenvalue weighted by atomic mass is 10.1. The van der Waals surface area contributed by atoms with E-state index in [0.29, 0.717) is 11.1 Å². The summed E-state index contributed by atoms with van der Waals surface area (Å²) in [5, 5.41) is 15.9. The Morgan fingerprint density at radius 3 is 2.12 bits per heavy atom. The predicted octanol–water partition coefficient (Wildman–Crippen LogP) is 3.31. The second-order valence-corrected chi connectivity index (χ2v) is 4.92. The quantitative estimate of drug-likeness (QED) is 0.512. The molecular weight excluding hydrogens is 393 g/mol. The molecule has 0 aromatic heterocycles. The second-order valence-electron chi connectivity index (χ2n) is 4.51. The van der Waals surface area contributed by atoms with Crippen LogP contribution in [0.1, 0.15) is 11.1 Å². The monoisotopic (exact) mass is 405 g/mol. The van der Waals surface area contributed by atoms with Crippen molar-refractivity contribution in [2.75, 3.05) is 6.54 Å². The van der Waals surface area contributed by atoms with Gasteiger partial charge in [-0.15, -0.1) is 0 Å². The lowest BCUT2D eigenvalue weighted by Crippen LogP contribution is -2.21. The highest BCUT2D eigenvalue weighted by atomic mass is 35.5. The number of carboxylic acid groups (broad SMARTS) is 2. The second kappa shape index (κ2) is 9.92. The summed E-state index contributed by atoms with van der Waals surface area (Å²) in [7, 11) is 0. The average molecular weight is 406 g/mol. The molecule has 0 saturated carbocycles. The van der Waals surface area contributed by atoms with Crippen LogP contribution in [0, 0.1) is 6.92 Å². The van der Waals surface area contributed by atoms with E-state index in [4.69, 9.17) is 32.3 Å². The number of ether oxygens (including phenoxy) is 1. The topological polar surface area (TPSA) is 110 Å². The van der Waals surface area contributed by atoms with E-state index in [0.717, 1.165) is 0 Å². The Morgan fingerprint density at radius 1 is 1.31 bits per heavy atom. The van der Waals surface area contributed by atoms with E-state index in [9.17, 15) is 26.7 Å². The molecule has 0 saturated heterocycles. The van der Waals surface area contributed by atoms with Gasteiger partial charge in [0.25, 0.3) is 0 Å². The van der Waals surface area contributed by atoms with Gasteiger partial charge in [-0.2, -0.15) is 22.0 Å². The van der Waals surface area contributed by atoms with Crippen molar-refractivity contribution in [1.82, 2.24) is 0 Å². The number of carbonyl (C=O) groups is 2. The molecule has 0 aliphatic heterocycles. The van der Waals surface area contributed by atoms with Crippen LogP contribution in [0.4, 0.5) is 22.0 Å². The summed E-state index contributed by atoms with van der Waals surface area (Å²) in [6.07, 6.45) is -3.76. The van der Waals surface area contributed by atoms with E-state index < -0.39 is 24.7 Å². The van der Waals surface area contributed by atoms with Gasteiger partial charge in [0.1, 0.15) is 5.75 Å². The summed E-state index contributed by atoms with van der Waals surface area (Å²) in [4.78, 5) is 19.7. The molecule has 6 nitrogen and oxygen atoms in total. The molecule has 146 valence electrons. The number of benzene rings is 1. The zero-order valence-electron chi connectivity index (χ0n) is 13.0. The zero-order valence-corrected chi connectivity index (χ0v) is 13.7. The number of halogens is 6. The van der Waals surface area contributed by atoms with Crippen LogP contribution in [-0.2, 0) is 9.59 Å². The number of hydrogen-bond acceptors (Lipinski definition) is 4. The maximum atomic E-state index is 12.2. The Morgan fingerprint density at radius 2 is 1.81 bits per heavy atom. The predicted molar refractivity (Wildman–Crippen MR) is 81.2 cm³/mol. The minimum atomic E-state index is -5.08. The molecule has 0 radical (unpaired) electrons. The van der Waals surface area contributed by atoms with Gasteiger partial charge >= 0.3 is 24.7 Å². The van der Waals surface area contributed by atoms with E-state index in [1.165, 1.54) is 25.1 Å². The summed E-state index contributed by atoms with van der Waals surface area (Å²) < 4.78 is 60.3. The Bertz CT molecular complexity index is 668. The number of aryl methyl sites for hydroxylation is 1. The molecule has 12 heteroatoms. The van der Waals surface area contributed by atoms with Crippen LogP contribution in [-0.4, -0.2) is 41.5 Å². The maximum absolute atomic E-state index is 12.2. The number of rotatable bonds is 5. The molecule has 26 heavy (non-hydrogen) atoms. The molecule has 1 aromatic rings.